The zero-order chi connectivity index (χ0) is 17.3. The predicted molar refractivity (Wildman–Crippen MR) is 101 cm³/mol. The molecule has 2 heterocycles. The molecule has 1 aromatic carbocycles. The minimum absolute atomic E-state index is 0. The minimum atomic E-state index is -0.0943. The first-order valence-electron chi connectivity index (χ1n) is 8.20. The summed E-state index contributed by atoms with van der Waals surface area (Å²) < 4.78 is 1.64. The van der Waals surface area contributed by atoms with E-state index in [0.29, 0.717) is 35.4 Å². The van der Waals surface area contributed by atoms with E-state index in [1.54, 1.807) is 16.8 Å². The SMILES string of the molecule is Cc1c(C(=O)N2CCC(C)CC2CN)nnn1-c1cccc(Cl)c1.Cl. The molecule has 1 amide bonds. The van der Waals surface area contributed by atoms with Crippen LogP contribution in [0.1, 0.15) is 35.9 Å². The third-order valence-corrected chi connectivity index (χ3v) is 4.90. The third-order valence-electron chi connectivity index (χ3n) is 4.66. The smallest absolute Gasteiger partial charge is 0.276 e. The van der Waals surface area contributed by atoms with Gasteiger partial charge in [-0.05, 0) is 43.9 Å². The second kappa shape index (κ2) is 8.17. The van der Waals surface area contributed by atoms with Crippen molar-refractivity contribution in [2.45, 2.75) is 32.7 Å². The number of rotatable bonds is 3. The number of amides is 1. The maximum atomic E-state index is 12.9. The molecule has 0 spiro atoms. The molecule has 0 radical (unpaired) electrons. The number of benzene rings is 1. The topological polar surface area (TPSA) is 77.0 Å². The van der Waals surface area contributed by atoms with E-state index in [4.69, 9.17) is 17.3 Å². The molecule has 6 nitrogen and oxygen atoms in total. The lowest BCUT2D eigenvalue weighted by atomic mass is 9.92. The number of halogens is 2. The van der Waals surface area contributed by atoms with Crippen molar-refractivity contribution in [1.82, 2.24) is 19.9 Å². The lowest BCUT2D eigenvalue weighted by molar-refractivity contribution is 0.0566. The number of nitrogens with zero attached hydrogens (tertiary/aromatic N) is 4. The lowest BCUT2D eigenvalue weighted by Crippen LogP contribution is -2.49. The minimum Gasteiger partial charge on any atom is -0.333 e. The van der Waals surface area contributed by atoms with Crippen molar-refractivity contribution in [3.05, 3.63) is 40.7 Å². The summed E-state index contributed by atoms with van der Waals surface area (Å²) in [6.45, 7) is 5.23. The second-order valence-corrected chi connectivity index (χ2v) is 6.87. The molecule has 1 fully saturated rings. The quantitative estimate of drug-likeness (QED) is 0.883. The normalized spacial score (nSPS) is 20.2. The first-order chi connectivity index (χ1) is 11.5. The van der Waals surface area contributed by atoms with E-state index in [0.717, 1.165) is 18.5 Å². The zero-order valence-corrected chi connectivity index (χ0v) is 15.9. The van der Waals surface area contributed by atoms with Crippen LogP contribution in [0.15, 0.2) is 24.3 Å². The van der Waals surface area contributed by atoms with Crippen LogP contribution in [0.5, 0.6) is 0 Å². The van der Waals surface area contributed by atoms with Crippen molar-refractivity contribution in [1.29, 1.82) is 0 Å². The van der Waals surface area contributed by atoms with Crippen molar-refractivity contribution < 1.29 is 4.79 Å². The molecule has 25 heavy (non-hydrogen) atoms. The van der Waals surface area contributed by atoms with Gasteiger partial charge < -0.3 is 10.6 Å². The molecule has 0 bridgehead atoms. The van der Waals surface area contributed by atoms with Gasteiger partial charge in [-0.1, -0.05) is 29.8 Å². The summed E-state index contributed by atoms with van der Waals surface area (Å²) >= 11 is 6.04. The Morgan fingerprint density at radius 2 is 2.20 bits per heavy atom. The molecule has 1 aromatic heterocycles. The van der Waals surface area contributed by atoms with E-state index in [1.807, 2.05) is 24.0 Å². The van der Waals surface area contributed by atoms with Gasteiger partial charge in [0.1, 0.15) is 0 Å². The molecule has 3 rings (SSSR count). The van der Waals surface area contributed by atoms with E-state index in [1.165, 1.54) is 0 Å². The molecular weight excluding hydrogens is 361 g/mol. The molecule has 0 aliphatic carbocycles. The van der Waals surface area contributed by atoms with Gasteiger partial charge in [0.05, 0.1) is 11.4 Å². The molecule has 1 saturated heterocycles. The fourth-order valence-electron chi connectivity index (χ4n) is 3.26. The molecule has 2 atom stereocenters. The summed E-state index contributed by atoms with van der Waals surface area (Å²) in [4.78, 5) is 14.8. The van der Waals surface area contributed by atoms with Gasteiger partial charge in [0, 0.05) is 24.2 Å². The maximum Gasteiger partial charge on any atom is 0.276 e. The van der Waals surface area contributed by atoms with Crippen LogP contribution in [0.4, 0.5) is 0 Å². The summed E-state index contributed by atoms with van der Waals surface area (Å²) in [5.41, 5.74) is 7.74. The fourth-order valence-corrected chi connectivity index (χ4v) is 3.44. The number of likely N-dealkylation sites (tertiary alicyclic amines) is 1. The van der Waals surface area contributed by atoms with E-state index in [-0.39, 0.29) is 24.4 Å². The Kier molecular flexibility index (Phi) is 6.43. The molecule has 1 aliphatic rings. The van der Waals surface area contributed by atoms with E-state index < -0.39 is 0 Å². The fraction of sp³-hybridized carbons (Fsp3) is 0.471. The van der Waals surface area contributed by atoms with Crippen molar-refractivity contribution in [2.75, 3.05) is 13.1 Å². The van der Waals surface area contributed by atoms with Gasteiger partial charge in [-0.3, -0.25) is 4.79 Å². The van der Waals surface area contributed by atoms with E-state index in [2.05, 4.69) is 17.2 Å². The molecule has 2 aromatic rings. The lowest BCUT2D eigenvalue weighted by Gasteiger charge is -2.37. The third kappa shape index (κ3) is 3.97. The Bertz CT molecular complexity index is 748. The van der Waals surface area contributed by atoms with Crippen LogP contribution in [-0.4, -0.2) is 44.9 Å². The molecule has 1 aliphatic heterocycles. The molecule has 2 unspecified atom stereocenters. The highest BCUT2D eigenvalue weighted by molar-refractivity contribution is 6.30. The molecule has 8 heteroatoms. The van der Waals surface area contributed by atoms with E-state index in [9.17, 15) is 4.79 Å². The largest absolute Gasteiger partial charge is 0.333 e. The summed E-state index contributed by atoms with van der Waals surface area (Å²) in [6.07, 6.45) is 1.92. The molecule has 0 saturated carbocycles. The van der Waals surface area contributed by atoms with Gasteiger partial charge in [0.2, 0.25) is 0 Å². The highest BCUT2D eigenvalue weighted by Gasteiger charge is 2.32. The van der Waals surface area contributed by atoms with Crippen molar-refractivity contribution in [3.8, 4) is 5.69 Å². The van der Waals surface area contributed by atoms with Gasteiger partial charge in [0.15, 0.2) is 5.69 Å². The van der Waals surface area contributed by atoms with Gasteiger partial charge in [-0.15, -0.1) is 17.5 Å². The van der Waals surface area contributed by atoms with E-state index >= 15 is 0 Å². The van der Waals surface area contributed by atoms with Crippen LogP contribution < -0.4 is 5.73 Å². The Hall–Kier alpha value is -1.63. The van der Waals surface area contributed by atoms with Crippen LogP contribution in [0.3, 0.4) is 0 Å². The van der Waals surface area contributed by atoms with Crippen LogP contribution in [0.25, 0.3) is 5.69 Å². The summed E-state index contributed by atoms with van der Waals surface area (Å²) in [6, 6.07) is 7.38. The molecule has 2 N–H and O–H groups in total. The van der Waals surface area contributed by atoms with Crippen molar-refractivity contribution >= 4 is 29.9 Å². The predicted octanol–water partition coefficient (Wildman–Crippen LogP) is 2.85. The summed E-state index contributed by atoms with van der Waals surface area (Å²) in [5, 5.41) is 8.87. The number of nitrogens with two attached hydrogens (primary N) is 1. The number of aromatic nitrogens is 3. The van der Waals surface area contributed by atoms with Gasteiger partial charge in [0.25, 0.3) is 5.91 Å². The first kappa shape index (κ1) is 19.7. The Labute approximate surface area is 158 Å². The molecular formula is C17H23Cl2N5O. The van der Waals surface area contributed by atoms with Gasteiger partial charge in [-0.25, -0.2) is 4.68 Å². The number of hydrogen-bond donors (Lipinski definition) is 1. The van der Waals surface area contributed by atoms with Crippen LogP contribution in [0.2, 0.25) is 5.02 Å². The van der Waals surface area contributed by atoms with Crippen molar-refractivity contribution in [3.63, 3.8) is 0 Å². The number of carbonyl (C=O) groups excluding carboxylic acids is 1. The second-order valence-electron chi connectivity index (χ2n) is 6.43. The Morgan fingerprint density at radius 3 is 2.88 bits per heavy atom. The van der Waals surface area contributed by atoms with Crippen LogP contribution >= 0.6 is 24.0 Å². The average Bonchev–Trinajstić information content (AvgIpc) is 2.95. The standard InChI is InChI=1S/C17H22ClN5O.ClH/c1-11-6-7-22(15(8-11)10-19)17(24)16-12(2)23(21-20-16)14-5-3-4-13(18)9-14;/h3-5,9,11,15H,6-8,10,19H2,1-2H3;1H. The van der Waals surface area contributed by atoms with Crippen LogP contribution in [0, 0.1) is 12.8 Å². The molecule has 136 valence electrons. The highest BCUT2D eigenvalue weighted by atomic mass is 35.5. The van der Waals surface area contributed by atoms with Gasteiger partial charge >= 0.3 is 0 Å². The number of carbonyl (C=O) groups is 1. The first-order valence-corrected chi connectivity index (χ1v) is 8.58. The zero-order valence-electron chi connectivity index (χ0n) is 14.4. The van der Waals surface area contributed by atoms with Gasteiger partial charge in [-0.2, -0.15) is 0 Å². The Balaban J connectivity index is 0.00000225. The maximum absolute atomic E-state index is 12.9. The Morgan fingerprint density at radius 1 is 1.44 bits per heavy atom. The van der Waals surface area contributed by atoms with Crippen LogP contribution in [-0.2, 0) is 0 Å². The highest BCUT2D eigenvalue weighted by Crippen LogP contribution is 2.24. The summed E-state index contributed by atoms with van der Waals surface area (Å²) in [7, 11) is 0. The summed E-state index contributed by atoms with van der Waals surface area (Å²) in [5.74, 6) is 0.494. The number of piperidine rings is 1. The monoisotopic (exact) mass is 383 g/mol. The average molecular weight is 384 g/mol. The number of hydrogen-bond acceptors (Lipinski definition) is 4. The van der Waals surface area contributed by atoms with Crippen molar-refractivity contribution in [2.24, 2.45) is 11.7 Å².